The lowest BCUT2D eigenvalue weighted by atomic mass is 10.0. The zero-order valence-electron chi connectivity index (χ0n) is 18.8. The summed E-state index contributed by atoms with van der Waals surface area (Å²) in [6.07, 6.45) is 1.66. The number of ether oxygens (including phenoxy) is 2. The molecule has 7 nitrogen and oxygen atoms in total. The smallest absolute Gasteiger partial charge is 0.341 e. The predicted octanol–water partition coefficient (Wildman–Crippen LogP) is 4.75. The first-order chi connectivity index (χ1) is 16.5. The average molecular weight is 452 g/mol. The van der Waals surface area contributed by atoms with E-state index < -0.39 is 17.7 Å². The SMILES string of the molecule is COC(=O)c1c(C(=O)OC)c2ccc3ccc4cccnc4c3n2c1C(=O)c1ccc(C)cc1. The molecule has 168 valence electrons. The number of ketones is 1. The molecule has 3 aromatic heterocycles. The topological polar surface area (TPSA) is 87.0 Å². The zero-order valence-corrected chi connectivity index (χ0v) is 18.8. The Bertz CT molecular complexity index is 1630. The molecule has 0 amide bonds. The van der Waals surface area contributed by atoms with E-state index >= 15 is 0 Å². The van der Waals surface area contributed by atoms with Crippen LogP contribution in [0.1, 0.15) is 42.3 Å². The number of aromatic nitrogens is 2. The van der Waals surface area contributed by atoms with Crippen molar-refractivity contribution in [2.24, 2.45) is 0 Å². The van der Waals surface area contributed by atoms with Gasteiger partial charge in [0.15, 0.2) is 0 Å². The molecule has 0 saturated carbocycles. The number of fused-ring (bicyclic) bond motifs is 5. The van der Waals surface area contributed by atoms with E-state index in [2.05, 4.69) is 4.98 Å². The minimum Gasteiger partial charge on any atom is -0.465 e. The molecule has 0 radical (unpaired) electrons. The highest BCUT2D eigenvalue weighted by atomic mass is 16.5. The van der Waals surface area contributed by atoms with Crippen LogP contribution in [-0.4, -0.2) is 41.3 Å². The van der Waals surface area contributed by atoms with Gasteiger partial charge in [0, 0.05) is 22.5 Å². The Hall–Kier alpha value is -4.52. The van der Waals surface area contributed by atoms with E-state index in [4.69, 9.17) is 9.47 Å². The maximum Gasteiger partial charge on any atom is 0.341 e. The highest BCUT2D eigenvalue weighted by Gasteiger charge is 2.34. The van der Waals surface area contributed by atoms with Gasteiger partial charge in [0.05, 0.1) is 30.8 Å². The molecule has 0 aliphatic carbocycles. The van der Waals surface area contributed by atoms with Crippen LogP contribution in [0, 0.1) is 6.92 Å². The fourth-order valence-electron chi connectivity index (χ4n) is 4.33. The molecule has 0 aliphatic rings. The quantitative estimate of drug-likeness (QED) is 0.222. The number of hydrogen-bond acceptors (Lipinski definition) is 6. The molecule has 0 saturated heterocycles. The van der Waals surface area contributed by atoms with Crippen molar-refractivity contribution < 1.29 is 23.9 Å². The third kappa shape index (κ3) is 3.13. The summed E-state index contributed by atoms with van der Waals surface area (Å²) >= 11 is 0. The van der Waals surface area contributed by atoms with Crippen LogP contribution in [0.5, 0.6) is 0 Å². The molecule has 34 heavy (non-hydrogen) atoms. The molecule has 0 spiro atoms. The Morgan fingerprint density at radius 2 is 1.44 bits per heavy atom. The zero-order chi connectivity index (χ0) is 24.0. The molecule has 0 bridgehead atoms. The fraction of sp³-hybridized carbons (Fsp3) is 0.111. The molecular formula is C27H20N2O5. The highest BCUT2D eigenvalue weighted by Crippen LogP contribution is 2.34. The maximum atomic E-state index is 13.9. The minimum atomic E-state index is -0.805. The van der Waals surface area contributed by atoms with E-state index in [1.54, 1.807) is 28.8 Å². The first-order valence-electron chi connectivity index (χ1n) is 10.6. The van der Waals surface area contributed by atoms with Gasteiger partial charge in [0.1, 0.15) is 16.8 Å². The minimum absolute atomic E-state index is 0.0230. The largest absolute Gasteiger partial charge is 0.465 e. The molecule has 2 aromatic carbocycles. The second-order valence-corrected chi connectivity index (χ2v) is 7.91. The van der Waals surface area contributed by atoms with Crippen molar-refractivity contribution in [1.82, 2.24) is 9.38 Å². The van der Waals surface area contributed by atoms with E-state index in [1.165, 1.54) is 14.2 Å². The molecule has 0 N–H and O–H groups in total. The van der Waals surface area contributed by atoms with Crippen LogP contribution in [0.3, 0.4) is 0 Å². The van der Waals surface area contributed by atoms with Crippen LogP contribution >= 0.6 is 0 Å². The molecule has 0 atom stereocenters. The summed E-state index contributed by atoms with van der Waals surface area (Å²) in [6.45, 7) is 1.92. The van der Waals surface area contributed by atoms with Gasteiger partial charge in [-0.15, -0.1) is 0 Å². The van der Waals surface area contributed by atoms with Crippen molar-refractivity contribution in [1.29, 1.82) is 0 Å². The van der Waals surface area contributed by atoms with Gasteiger partial charge in [-0.05, 0) is 19.1 Å². The number of hydrogen-bond donors (Lipinski definition) is 0. The standard InChI is InChI=1S/C27H20N2O5/c1-15-6-8-18(9-7-15)25(30)24-21(27(32)34-3)20(26(31)33-2)19-13-12-17-11-10-16-5-4-14-28-22(16)23(17)29(19)24/h4-14H,1-3H3. The Morgan fingerprint density at radius 3 is 2.15 bits per heavy atom. The molecular weight excluding hydrogens is 432 g/mol. The molecule has 5 aromatic rings. The van der Waals surface area contributed by atoms with Crippen LogP contribution in [0.25, 0.3) is 27.3 Å². The van der Waals surface area contributed by atoms with Gasteiger partial charge in [-0.25, -0.2) is 9.59 Å². The van der Waals surface area contributed by atoms with Crippen LogP contribution in [0.4, 0.5) is 0 Å². The number of methoxy groups -OCH3 is 2. The molecule has 7 heteroatoms. The van der Waals surface area contributed by atoms with E-state index in [9.17, 15) is 14.4 Å². The van der Waals surface area contributed by atoms with Crippen LogP contribution in [0.15, 0.2) is 66.9 Å². The maximum absolute atomic E-state index is 13.9. The molecule has 3 heterocycles. The van der Waals surface area contributed by atoms with Gasteiger partial charge in [-0.1, -0.05) is 54.1 Å². The third-order valence-electron chi connectivity index (χ3n) is 5.94. The summed E-state index contributed by atoms with van der Waals surface area (Å²) in [5.41, 5.74) is 2.80. The van der Waals surface area contributed by atoms with Crippen molar-refractivity contribution in [2.45, 2.75) is 6.92 Å². The number of rotatable bonds is 4. The lowest BCUT2D eigenvalue weighted by Crippen LogP contribution is -2.15. The number of nitrogens with zero attached hydrogens (tertiary/aromatic N) is 2. The van der Waals surface area contributed by atoms with Crippen LogP contribution in [0.2, 0.25) is 0 Å². The van der Waals surface area contributed by atoms with Crippen molar-refractivity contribution in [3.63, 3.8) is 0 Å². The number of esters is 2. The Labute approximate surface area is 194 Å². The van der Waals surface area contributed by atoms with Crippen molar-refractivity contribution in [2.75, 3.05) is 14.2 Å². The Balaban J connectivity index is 2.03. The highest BCUT2D eigenvalue weighted by molar-refractivity contribution is 6.21. The third-order valence-corrected chi connectivity index (χ3v) is 5.94. The van der Waals surface area contributed by atoms with Crippen LogP contribution < -0.4 is 0 Å². The summed E-state index contributed by atoms with van der Waals surface area (Å²) in [4.78, 5) is 44.4. The normalized spacial score (nSPS) is 11.1. The second kappa shape index (κ2) is 8.12. The lowest BCUT2D eigenvalue weighted by molar-refractivity contribution is 0.0556. The van der Waals surface area contributed by atoms with Crippen molar-refractivity contribution >= 4 is 45.0 Å². The van der Waals surface area contributed by atoms with Gasteiger partial charge >= 0.3 is 11.9 Å². The summed E-state index contributed by atoms with van der Waals surface area (Å²) in [5.74, 6) is -1.97. The fourth-order valence-corrected chi connectivity index (χ4v) is 4.33. The van der Waals surface area contributed by atoms with Crippen molar-refractivity contribution in [3.8, 4) is 0 Å². The number of aryl methyl sites for hydroxylation is 1. The van der Waals surface area contributed by atoms with Gasteiger partial charge in [-0.2, -0.15) is 0 Å². The number of carbonyl (C=O) groups excluding carboxylic acids is 3. The second-order valence-electron chi connectivity index (χ2n) is 7.91. The van der Waals surface area contributed by atoms with Gasteiger partial charge in [0.2, 0.25) is 5.78 Å². The van der Waals surface area contributed by atoms with Crippen LogP contribution in [-0.2, 0) is 9.47 Å². The summed E-state index contributed by atoms with van der Waals surface area (Å²) in [6, 6.07) is 18.1. The predicted molar refractivity (Wildman–Crippen MR) is 127 cm³/mol. The number of carbonyl (C=O) groups is 3. The first-order valence-corrected chi connectivity index (χ1v) is 10.6. The van der Waals surface area contributed by atoms with E-state index in [-0.39, 0.29) is 16.8 Å². The lowest BCUT2D eigenvalue weighted by Gasteiger charge is -2.11. The van der Waals surface area contributed by atoms with Gasteiger partial charge in [-0.3, -0.25) is 9.78 Å². The van der Waals surface area contributed by atoms with Crippen molar-refractivity contribution in [3.05, 3.63) is 94.8 Å². The van der Waals surface area contributed by atoms with Gasteiger partial charge in [0.25, 0.3) is 0 Å². The number of pyridine rings is 2. The molecule has 5 rings (SSSR count). The summed E-state index contributed by atoms with van der Waals surface area (Å²) < 4.78 is 11.7. The summed E-state index contributed by atoms with van der Waals surface area (Å²) in [7, 11) is 2.44. The number of benzene rings is 2. The van der Waals surface area contributed by atoms with Gasteiger partial charge < -0.3 is 13.9 Å². The van der Waals surface area contributed by atoms with E-state index in [0.29, 0.717) is 22.1 Å². The average Bonchev–Trinajstić information content (AvgIpc) is 3.22. The molecule has 0 aliphatic heterocycles. The first kappa shape index (κ1) is 21.3. The monoisotopic (exact) mass is 452 g/mol. The molecule has 0 fully saturated rings. The Kier molecular flexibility index (Phi) is 5.09. The van der Waals surface area contributed by atoms with E-state index in [1.807, 2.05) is 49.4 Å². The molecule has 0 unspecified atom stereocenters. The summed E-state index contributed by atoms with van der Waals surface area (Å²) in [5, 5.41) is 1.64. The Morgan fingerprint density at radius 1 is 0.794 bits per heavy atom. The van der Waals surface area contributed by atoms with E-state index in [0.717, 1.165) is 16.3 Å².